The van der Waals surface area contributed by atoms with Gasteiger partial charge in [0.05, 0.1) is 0 Å². The van der Waals surface area contributed by atoms with E-state index < -0.39 is 11.8 Å². The molecule has 1 amide bonds. The van der Waals surface area contributed by atoms with Gasteiger partial charge in [0.1, 0.15) is 0 Å². The Morgan fingerprint density at radius 3 is 3.00 bits per heavy atom. The van der Waals surface area contributed by atoms with E-state index in [0.717, 1.165) is 5.69 Å². The minimum Gasteiger partial charge on any atom is -0.356 e. The molecule has 1 aromatic heterocycles. The number of halogens is 2. The topological polar surface area (TPSA) is 57.8 Å². The summed E-state index contributed by atoms with van der Waals surface area (Å²) in [5, 5.41) is 9.13. The van der Waals surface area contributed by atoms with Crippen LogP contribution in [0.2, 0.25) is 0 Å². The third-order valence-corrected chi connectivity index (χ3v) is 2.66. The van der Waals surface area contributed by atoms with E-state index in [1.807, 2.05) is 0 Å². The number of hydrogen-bond acceptors (Lipinski definition) is 2. The highest BCUT2D eigenvalue weighted by molar-refractivity contribution is 5.76. The molecule has 0 saturated heterocycles. The fourth-order valence-electron chi connectivity index (χ4n) is 1.55. The van der Waals surface area contributed by atoms with E-state index in [1.165, 1.54) is 0 Å². The van der Waals surface area contributed by atoms with Crippen molar-refractivity contribution >= 4 is 5.91 Å². The second-order valence-electron chi connectivity index (χ2n) is 4.05. The zero-order valence-corrected chi connectivity index (χ0v) is 8.67. The van der Waals surface area contributed by atoms with E-state index in [2.05, 4.69) is 15.5 Å². The van der Waals surface area contributed by atoms with Gasteiger partial charge < -0.3 is 5.32 Å². The quantitative estimate of drug-likeness (QED) is 0.794. The van der Waals surface area contributed by atoms with Crippen molar-refractivity contribution in [2.75, 3.05) is 6.54 Å². The van der Waals surface area contributed by atoms with Crippen molar-refractivity contribution in [2.45, 2.75) is 25.2 Å². The number of alkyl halides is 2. The summed E-state index contributed by atoms with van der Waals surface area (Å²) in [6, 6.07) is 1.81. The van der Waals surface area contributed by atoms with Gasteiger partial charge in [-0.25, -0.2) is 8.78 Å². The largest absolute Gasteiger partial charge is 0.356 e. The Hall–Kier alpha value is -1.46. The zero-order valence-electron chi connectivity index (χ0n) is 8.67. The van der Waals surface area contributed by atoms with Crippen LogP contribution in [0.1, 0.15) is 18.5 Å². The number of rotatable bonds is 5. The van der Waals surface area contributed by atoms with E-state index in [0.29, 0.717) is 13.0 Å². The smallest absolute Gasteiger partial charge is 0.252 e. The standard InChI is InChI=1S/C10H13F2N3O/c11-10(12)6-7(10)5-9(16)13-3-1-8-2-4-14-15-8/h2,4,7H,1,3,5-6H2,(H,13,16)(H,14,15)/t7-/m0/s1. The molecule has 2 rings (SSSR count). The Balaban J connectivity index is 1.61. The molecule has 1 fully saturated rings. The molecule has 4 nitrogen and oxygen atoms in total. The molecule has 0 unspecified atom stereocenters. The summed E-state index contributed by atoms with van der Waals surface area (Å²) in [5.41, 5.74) is 0.914. The predicted molar refractivity (Wildman–Crippen MR) is 53.0 cm³/mol. The van der Waals surface area contributed by atoms with Gasteiger partial charge in [0.2, 0.25) is 5.91 Å². The number of carbonyl (C=O) groups excluding carboxylic acids is 1. The van der Waals surface area contributed by atoms with Gasteiger partial charge >= 0.3 is 0 Å². The number of nitrogens with one attached hydrogen (secondary N) is 2. The van der Waals surface area contributed by atoms with Crippen LogP contribution in [0.3, 0.4) is 0 Å². The molecule has 1 atom stereocenters. The minimum absolute atomic E-state index is 0.0734. The first-order valence-electron chi connectivity index (χ1n) is 5.21. The molecule has 88 valence electrons. The van der Waals surface area contributed by atoms with Crippen LogP contribution in [-0.2, 0) is 11.2 Å². The molecule has 0 aromatic carbocycles. The minimum atomic E-state index is -2.61. The van der Waals surface area contributed by atoms with Crippen LogP contribution in [0.25, 0.3) is 0 Å². The van der Waals surface area contributed by atoms with Crippen molar-refractivity contribution in [1.29, 1.82) is 0 Å². The van der Waals surface area contributed by atoms with Gasteiger partial charge in [-0.1, -0.05) is 0 Å². The molecular weight excluding hydrogens is 216 g/mol. The lowest BCUT2D eigenvalue weighted by Crippen LogP contribution is -2.26. The van der Waals surface area contributed by atoms with Crippen molar-refractivity contribution in [3.8, 4) is 0 Å². The number of hydrogen-bond donors (Lipinski definition) is 2. The second-order valence-corrected chi connectivity index (χ2v) is 4.05. The highest BCUT2D eigenvalue weighted by Crippen LogP contribution is 2.50. The summed E-state index contributed by atoms with van der Waals surface area (Å²) in [6.07, 6.45) is 2.03. The Morgan fingerprint density at radius 2 is 2.44 bits per heavy atom. The van der Waals surface area contributed by atoms with E-state index in [-0.39, 0.29) is 18.7 Å². The SMILES string of the molecule is O=C(C[C@H]1CC1(F)F)NCCc1ccn[nH]1. The first kappa shape index (κ1) is 11.0. The normalized spacial score (nSPS) is 21.8. The zero-order chi connectivity index (χ0) is 11.6. The van der Waals surface area contributed by atoms with E-state index in [9.17, 15) is 13.6 Å². The third kappa shape index (κ3) is 2.77. The Bertz CT molecular complexity index is 364. The van der Waals surface area contributed by atoms with Crippen LogP contribution < -0.4 is 5.32 Å². The van der Waals surface area contributed by atoms with Crippen molar-refractivity contribution < 1.29 is 13.6 Å². The van der Waals surface area contributed by atoms with Crippen LogP contribution in [0.15, 0.2) is 12.3 Å². The van der Waals surface area contributed by atoms with Gasteiger partial charge in [-0.05, 0) is 6.07 Å². The molecule has 0 radical (unpaired) electrons. The van der Waals surface area contributed by atoms with Gasteiger partial charge in [0.15, 0.2) is 0 Å². The van der Waals surface area contributed by atoms with Crippen molar-refractivity contribution in [3.05, 3.63) is 18.0 Å². The summed E-state index contributed by atoms with van der Waals surface area (Å²) in [6.45, 7) is 0.444. The lowest BCUT2D eigenvalue weighted by Gasteiger charge is -2.03. The predicted octanol–water partition coefficient (Wildman–Crippen LogP) is 1.11. The molecule has 1 aliphatic carbocycles. The molecule has 16 heavy (non-hydrogen) atoms. The van der Waals surface area contributed by atoms with Crippen LogP contribution in [0.5, 0.6) is 0 Å². The molecule has 6 heteroatoms. The monoisotopic (exact) mass is 229 g/mol. The number of aromatic nitrogens is 2. The summed E-state index contributed by atoms with van der Waals surface area (Å²) in [4.78, 5) is 11.2. The fraction of sp³-hybridized carbons (Fsp3) is 0.600. The van der Waals surface area contributed by atoms with Crippen molar-refractivity contribution in [1.82, 2.24) is 15.5 Å². The van der Waals surface area contributed by atoms with Crippen LogP contribution in [0, 0.1) is 5.92 Å². The number of aromatic amines is 1. The van der Waals surface area contributed by atoms with Crippen LogP contribution >= 0.6 is 0 Å². The Kier molecular flexibility index (Phi) is 2.89. The number of carbonyl (C=O) groups is 1. The van der Waals surface area contributed by atoms with Gasteiger partial charge in [0, 0.05) is 43.6 Å². The highest BCUT2D eigenvalue weighted by Gasteiger charge is 2.57. The highest BCUT2D eigenvalue weighted by atomic mass is 19.3. The van der Waals surface area contributed by atoms with E-state index >= 15 is 0 Å². The number of nitrogens with zero attached hydrogens (tertiary/aromatic N) is 1. The molecular formula is C10H13F2N3O. The Labute approximate surface area is 91.4 Å². The summed E-state index contributed by atoms with van der Waals surface area (Å²) < 4.78 is 25.0. The summed E-state index contributed by atoms with van der Waals surface area (Å²) in [7, 11) is 0. The number of amides is 1. The summed E-state index contributed by atoms with van der Waals surface area (Å²) in [5.74, 6) is -3.66. The maximum Gasteiger partial charge on any atom is 0.252 e. The van der Waals surface area contributed by atoms with E-state index in [4.69, 9.17) is 0 Å². The van der Waals surface area contributed by atoms with Crippen molar-refractivity contribution in [3.63, 3.8) is 0 Å². The molecule has 0 aliphatic heterocycles. The van der Waals surface area contributed by atoms with Gasteiger partial charge in [-0.15, -0.1) is 0 Å². The molecule has 1 aliphatic rings. The summed E-state index contributed by atoms with van der Waals surface area (Å²) >= 11 is 0. The lowest BCUT2D eigenvalue weighted by molar-refractivity contribution is -0.121. The maximum absolute atomic E-state index is 12.5. The fourth-order valence-corrected chi connectivity index (χ4v) is 1.55. The maximum atomic E-state index is 12.5. The molecule has 1 heterocycles. The van der Waals surface area contributed by atoms with Gasteiger partial charge in [0.25, 0.3) is 5.92 Å². The van der Waals surface area contributed by atoms with Gasteiger partial charge in [-0.3, -0.25) is 9.89 Å². The van der Waals surface area contributed by atoms with Gasteiger partial charge in [-0.2, -0.15) is 5.10 Å². The average molecular weight is 229 g/mol. The van der Waals surface area contributed by atoms with E-state index in [1.54, 1.807) is 12.3 Å². The van der Waals surface area contributed by atoms with Crippen LogP contribution in [-0.4, -0.2) is 28.6 Å². The lowest BCUT2D eigenvalue weighted by atomic mass is 10.2. The molecule has 1 saturated carbocycles. The third-order valence-electron chi connectivity index (χ3n) is 2.66. The Morgan fingerprint density at radius 1 is 1.69 bits per heavy atom. The first-order chi connectivity index (χ1) is 7.58. The average Bonchev–Trinajstić information content (AvgIpc) is 2.68. The van der Waals surface area contributed by atoms with Crippen LogP contribution in [0.4, 0.5) is 8.78 Å². The number of H-pyrrole nitrogens is 1. The van der Waals surface area contributed by atoms with Crippen molar-refractivity contribution in [2.24, 2.45) is 5.92 Å². The molecule has 1 aromatic rings. The molecule has 0 spiro atoms. The second kappa shape index (κ2) is 4.19. The molecule has 2 N–H and O–H groups in total. The molecule has 0 bridgehead atoms. The first-order valence-corrected chi connectivity index (χ1v) is 5.21.